The third-order valence-corrected chi connectivity index (χ3v) is 7.13. The Morgan fingerprint density at radius 1 is 1.06 bits per heavy atom. The number of ether oxygens (including phenoxy) is 1. The van der Waals surface area contributed by atoms with E-state index in [1.165, 1.54) is 39.5 Å². The normalized spacial score (nSPS) is 15.9. The summed E-state index contributed by atoms with van der Waals surface area (Å²) < 4.78 is 7.85. The summed E-state index contributed by atoms with van der Waals surface area (Å²) >= 11 is 0. The van der Waals surface area contributed by atoms with Crippen LogP contribution in [0.25, 0.3) is 21.8 Å². The Balaban J connectivity index is 1.57. The van der Waals surface area contributed by atoms with Crippen LogP contribution in [-0.2, 0) is 24.2 Å². The average molecular weight is 458 g/mol. The number of hydrogen-bond acceptors (Lipinski definition) is 5. The summed E-state index contributed by atoms with van der Waals surface area (Å²) in [5, 5.41) is 2.54. The van der Waals surface area contributed by atoms with Gasteiger partial charge in [0.25, 0.3) is 0 Å². The fourth-order valence-electron chi connectivity index (χ4n) is 5.54. The molecule has 0 saturated carbocycles. The Hall–Kier alpha value is -2.80. The second-order valence-electron chi connectivity index (χ2n) is 9.24. The molecule has 34 heavy (non-hydrogen) atoms. The molecule has 0 saturated heterocycles. The molecule has 1 aliphatic rings. The summed E-state index contributed by atoms with van der Waals surface area (Å²) in [5.41, 5.74) is 12.1. The van der Waals surface area contributed by atoms with E-state index in [-0.39, 0.29) is 0 Å². The molecule has 6 heteroatoms. The number of unbranched alkanes of at least 4 members (excludes halogenated alkanes) is 1. The van der Waals surface area contributed by atoms with Crippen LogP contribution in [0.15, 0.2) is 54.9 Å². The zero-order valence-corrected chi connectivity index (χ0v) is 20.1. The number of fused-ring (bicyclic) bond motifs is 4. The minimum absolute atomic E-state index is 0.316. The number of benzene rings is 1. The Bertz CT molecular complexity index is 1250. The molecule has 6 nitrogen and oxygen atoms in total. The van der Waals surface area contributed by atoms with Crippen molar-refractivity contribution in [1.29, 1.82) is 0 Å². The zero-order chi connectivity index (χ0) is 23.3. The molecule has 5 rings (SSSR count). The summed E-state index contributed by atoms with van der Waals surface area (Å²) in [5.74, 6) is 0. The molecular weight excluding hydrogens is 422 g/mol. The largest absolute Gasteiger partial charge is 0.383 e. The second-order valence-corrected chi connectivity index (χ2v) is 9.24. The van der Waals surface area contributed by atoms with Crippen molar-refractivity contribution in [2.45, 2.75) is 51.2 Å². The molecule has 0 aliphatic heterocycles. The number of pyridine rings is 2. The summed E-state index contributed by atoms with van der Waals surface area (Å²) in [7, 11) is 1.76. The molecular formula is C28H35N5O. The maximum absolute atomic E-state index is 5.85. The highest BCUT2D eigenvalue weighted by Gasteiger charge is 2.28. The Morgan fingerprint density at radius 2 is 1.97 bits per heavy atom. The maximum atomic E-state index is 5.85. The molecule has 0 spiro atoms. The van der Waals surface area contributed by atoms with Crippen molar-refractivity contribution in [3.05, 3.63) is 71.8 Å². The van der Waals surface area contributed by atoms with Crippen LogP contribution < -0.4 is 5.73 Å². The highest BCUT2D eigenvalue weighted by Crippen LogP contribution is 2.36. The summed E-state index contributed by atoms with van der Waals surface area (Å²) in [6.45, 7) is 4.00. The van der Waals surface area contributed by atoms with E-state index in [1.807, 2.05) is 12.4 Å². The molecule has 1 aliphatic carbocycles. The van der Waals surface area contributed by atoms with Gasteiger partial charge in [-0.05, 0) is 69.0 Å². The number of para-hydroxylation sites is 1. The van der Waals surface area contributed by atoms with Crippen molar-refractivity contribution in [3.8, 4) is 0 Å². The van der Waals surface area contributed by atoms with E-state index >= 15 is 0 Å². The first-order valence-corrected chi connectivity index (χ1v) is 12.5. The van der Waals surface area contributed by atoms with Gasteiger partial charge in [0, 0.05) is 48.9 Å². The van der Waals surface area contributed by atoms with Crippen molar-refractivity contribution in [2.24, 2.45) is 5.73 Å². The monoisotopic (exact) mass is 457 g/mol. The predicted octanol–water partition coefficient (Wildman–Crippen LogP) is 4.85. The fraction of sp³-hybridized carbons (Fsp3) is 0.429. The predicted molar refractivity (Wildman–Crippen MR) is 138 cm³/mol. The van der Waals surface area contributed by atoms with Crippen LogP contribution in [0.1, 0.15) is 48.7 Å². The van der Waals surface area contributed by atoms with E-state index in [4.69, 9.17) is 20.4 Å². The molecule has 4 aromatic rings. The van der Waals surface area contributed by atoms with Crippen molar-refractivity contribution in [1.82, 2.24) is 19.4 Å². The lowest BCUT2D eigenvalue weighted by molar-refractivity contribution is 0.161. The number of nitrogens with two attached hydrogens (primary N) is 1. The molecule has 1 atom stereocenters. The van der Waals surface area contributed by atoms with E-state index < -0.39 is 0 Å². The molecule has 0 fully saturated rings. The van der Waals surface area contributed by atoms with Gasteiger partial charge in [-0.3, -0.25) is 14.9 Å². The molecule has 3 heterocycles. The molecule has 0 bridgehead atoms. The minimum Gasteiger partial charge on any atom is -0.383 e. The molecule has 178 valence electrons. The van der Waals surface area contributed by atoms with Gasteiger partial charge >= 0.3 is 0 Å². The Labute approximate surface area is 201 Å². The highest BCUT2D eigenvalue weighted by atomic mass is 16.5. The maximum Gasteiger partial charge on any atom is 0.0787 e. The average Bonchev–Trinajstić information content (AvgIpc) is 3.21. The molecule has 0 unspecified atom stereocenters. The first-order valence-electron chi connectivity index (χ1n) is 12.5. The van der Waals surface area contributed by atoms with Crippen molar-refractivity contribution < 1.29 is 4.74 Å². The van der Waals surface area contributed by atoms with E-state index in [0.717, 1.165) is 57.6 Å². The van der Waals surface area contributed by atoms with Crippen molar-refractivity contribution in [2.75, 3.05) is 26.8 Å². The molecule has 2 N–H and O–H groups in total. The first-order chi connectivity index (χ1) is 16.8. The van der Waals surface area contributed by atoms with E-state index in [2.05, 4.69) is 51.9 Å². The van der Waals surface area contributed by atoms with Gasteiger partial charge in [-0.15, -0.1) is 0 Å². The number of rotatable bonds is 10. The third-order valence-electron chi connectivity index (χ3n) is 7.13. The smallest absolute Gasteiger partial charge is 0.0787 e. The minimum atomic E-state index is 0.316. The Morgan fingerprint density at radius 3 is 2.85 bits per heavy atom. The lowest BCUT2D eigenvalue weighted by Gasteiger charge is -2.35. The fourth-order valence-corrected chi connectivity index (χ4v) is 5.54. The van der Waals surface area contributed by atoms with Crippen LogP contribution in [0.3, 0.4) is 0 Å². The third kappa shape index (κ3) is 4.45. The topological polar surface area (TPSA) is 69.2 Å². The van der Waals surface area contributed by atoms with Crippen molar-refractivity contribution in [3.63, 3.8) is 0 Å². The van der Waals surface area contributed by atoms with Crippen LogP contribution in [0.5, 0.6) is 0 Å². The standard InChI is InChI=1S/C28H35N5O/c1-34-19-18-33-25-11-3-2-10-22(25)23-13-16-30-24(28(23)33)20-32(17-5-4-14-29)26-12-6-8-21-9-7-15-31-27(21)26/h2-3,7,9-11,13,15-16,26H,4-6,8,12,14,17-20,29H2,1H3/t26-/m0/s1. The van der Waals surface area contributed by atoms with Gasteiger partial charge in [0.2, 0.25) is 0 Å². The number of nitrogens with zero attached hydrogens (tertiary/aromatic N) is 4. The van der Waals surface area contributed by atoms with E-state index in [9.17, 15) is 0 Å². The zero-order valence-electron chi connectivity index (χ0n) is 20.1. The summed E-state index contributed by atoms with van der Waals surface area (Å²) in [6, 6.07) is 15.4. The van der Waals surface area contributed by atoms with E-state index in [0.29, 0.717) is 12.6 Å². The van der Waals surface area contributed by atoms with Gasteiger partial charge in [0.1, 0.15) is 0 Å². The highest BCUT2D eigenvalue weighted by molar-refractivity contribution is 6.08. The summed E-state index contributed by atoms with van der Waals surface area (Å²) in [6.07, 6.45) is 9.47. The van der Waals surface area contributed by atoms with Gasteiger partial charge < -0.3 is 15.0 Å². The molecule has 0 radical (unpaired) electrons. The van der Waals surface area contributed by atoms with Gasteiger partial charge in [-0.1, -0.05) is 24.3 Å². The van der Waals surface area contributed by atoms with Crippen LogP contribution >= 0.6 is 0 Å². The van der Waals surface area contributed by atoms with Crippen LogP contribution in [0.2, 0.25) is 0 Å². The lowest BCUT2D eigenvalue weighted by Crippen LogP contribution is -2.33. The number of hydrogen-bond donors (Lipinski definition) is 1. The SMILES string of the molecule is COCCn1c2ccccc2c2ccnc(CN(CCCCN)[C@H]3CCCc4cccnc43)c21. The van der Waals surface area contributed by atoms with Crippen LogP contribution in [0.4, 0.5) is 0 Å². The number of methoxy groups -OCH3 is 1. The van der Waals surface area contributed by atoms with Gasteiger partial charge in [-0.2, -0.15) is 0 Å². The van der Waals surface area contributed by atoms with Gasteiger partial charge in [-0.25, -0.2) is 0 Å². The molecule has 3 aromatic heterocycles. The van der Waals surface area contributed by atoms with Gasteiger partial charge in [0.05, 0.1) is 29.6 Å². The van der Waals surface area contributed by atoms with Crippen molar-refractivity contribution >= 4 is 21.8 Å². The Kier molecular flexibility index (Phi) is 7.19. The molecule has 1 aromatic carbocycles. The quantitative estimate of drug-likeness (QED) is 0.345. The number of aryl methyl sites for hydroxylation is 1. The summed E-state index contributed by atoms with van der Waals surface area (Å²) in [4.78, 5) is 12.4. The second kappa shape index (κ2) is 10.6. The first kappa shape index (κ1) is 23.0. The molecule has 0 amide bonds. The number of aromatic nitrogens is 3. The van der Waals surface area contributed by atoms with E-state index in [1.54, 1.807) is 7.11 Å². The van der Waals surface area contributed by atoms with Crippen LogP contribution in [-0.4, -0.2) is 46.2 Å². The lowest BCUT2D eigenvalue weighted by atomic mass is 9.90. The van der Waals surface area contributed by atoms with Crippen LogP contribution in [0, 0.1) is 0 Å². The van der Waals surface area contributed by atoms with Gasteiger partial charge in [0.15, 0.2) is 0 Å².